The first-order valence-electron chi connectivity index (χ1n) is 7.09. The van der Waals surface area contributed by atoms with E-state index in [0.29, 0.717) is 16.6 Å². The van der Waals surface area contributed by atoms with Crippen molar-refractivity contribution in [3.8, 4) is 0 Å². The average molecular weight is 356 g/mol. The second-order valence-corrected chi connectivity index (χ2v) is 5.56. The Morgan fingerprint density at radius 1 is 1.42 bits per heavy atom. The molecule has 0 aliphatic heterocycles. The molecule has 24 heavy (non-hydrogen) atoms. The fraction of sp³-hybridized carbons (Fsp3) is 0.267. The molecule has 9 heteroatoms. The van der Waals surface area contributed by atoms with Crippen molar-refractivity contribution in [1.82, 2.24) is 19.6 Å². The number of aromatic nitrogens is 4. The summed E-state index contributed by atoms with van der Waals surface area (Å²) >= 11 is 6.17. The van der Waals surface area contributed by atoms with Crippen LogP contribution >= 0.6 is 11.6 Å². The zero-order chi connectivity index (χ0) is 17.4. The SMILES string of the molecule is C/C=C(\C)N(CC(F)F)c1nc2nncn2c2c(Cl)cc(F)cc12. The van der Waals surface area contributed by atoms with Gasteiger partial charge in [0.25, 0.3) is 12.2 Å². The number of hydrogen-bond donors (Lipinski definition) is 0. The van der Waals surface area contributed by atoms with Gasteiger partial charge in [-0.25, -0.2) is 13.2 Å². The summed E-state index contributed by atoms with van der Waals surface area (Å²) in [5.41, 5.74) is 0.958. The van der Waals surface area contributed by atoms with Crippen LogP contribution in [-0.2, 0) is 0 Å². The van der Waals surface area contributed by atoms with E-state index >= 15 is 0 Å². The molecule has 0 atom stereocenters. The minimum Gasteiger partial charge on any atom is -0.324 e. The maximum Gasteiger partial charge on any atom is 0.257 e. The number of alkyl halides is 2. The molecule has 0 aliphatic rings. The van der Waals surface area contributed by atoms with Crippen LogP contribution in [0.25, 0.3) is 16.7 Å². The van der Waals surface area contributed by atoms with Crippen LogP contribution in [0.3, 0.4) is 0 Å². The molecule has 2 aromatic heterocycles. The van der Waals surface area contributed by atoms with Crippen LogP contribution in [0.4, 0.5) is 19.0 Å². The minimum absolute atomic E-state index is 0.119. The number of rotatable bonds is 4. The molecule has 0 bridgehead atoms. The van der Waals surface area contributed by atoms with E-state index in [1.54, 1.807) is 19.9 Å². The van der Waals surface area contributed by atoms with E-state index in [1.807, 2.05) is 0 Å². The molecule has 0 saturated heterocycles. The summed E-state index contributed by atoms with van der Waals surface area (Å²) in [6, 6.07) is 2.36. The van der Waals surface area contributed by atoms with E-state index in [0.717, 1.165) is 6.07 Å². The molecule has 126 valence electrons. The van der Waals surface area contributed by atoms with Gasteiger partial charge in [0.05, 0.1) is 17.1 Å². The largest absolute Gasteiger partial charge is 0.324 e. The van der Waals surface area contributed by atoms with E-state index in [1.165, 1.54) is 21.7 Å². The third kappa shape index (κ3) is 2.77. The first kappa shape index (κ1) is 16.5. The van der Waals surface area contributed by atoms with E-state index in [2.05, 4.69) is 15.2 Å². The summed E-state index contributed by atoms with van der Waals surface area (Å²) in [6.07, 6.45) is 0.457. The monoisotopic (exact) mass is 355 g/mol. The summed E-state index contributed by atoms with van der Waals surface area (Å²) in [6.45, 7) is 2.81. The van der Waals surface area contributed by atoms with Gasteiger partial charge in [-0.05, 0) is 26.0 Å². The molecule has 2 heterocycles. The lowest BCUT2D eigenvalue weighted by atomic mass is 10.2. The second-order valence-electron chi connectivity index (χ2n) is 5.15. The molecule has 1 aromatic carbocycles. The van der Waals surface area contributed by atoms with Gasteiger partial charge in [0.2, 0.25) is 0 Å². The zero-order valence-corrected chi connectivity index (χ0v) is 13.6. The molecular weight excluding hydrogens is 343 g/mol. The van der Waals surface area contributed by atoms with Gasteiger partial charge in [-0.1, -0.05) is 17.7 Å². The van der Waals surface area contributed by atoms with Crippen molar-refractivity contribution >= 4 is 34.1 Å². The Hall–Kier alpha value is -2.35. The lowest BCUT2D eigenvalue weighted by Crippen LogP contribution is -2.28. The van der Waals surface area contributed by atoms with Gasteiger partial charge in [-0.15, -0.1) is 10.2 Å². The summed E-state index contributed by atoms with van der Waals surface area (Å²) in [4.78, 5) is 5.60. The van der Waals surface area contributed by atoms with Gasteiger partial charge in [-0.2, -0.15) is 4.98 Å². The number of fused-ring (bicyclic) bond motifs is 3. The normalized spacial score (nSPS) is 12.5. The molecule has 0 fully saturated rings. The zero-order valence-electron chi connectivity index (χ0n) is 12.8. The Balaban J connectivity index is 2.39. The molecule has 0 aliphatic carbocycles. The summed E-state index contributed by atoms with van der Waals surface area (Å²) in [7, 11) is 0. The average Bonchev–Trinajstić information content (AvgIpc) is 2.98. The maximum atomic E-state index is 13.9. The van der Waals surface area contributed by atoms with Crippen LogP contribution in [-0.4, -0.2) is 32.6 Å². The highest BCUT2D eigenvalue weighted by Crippen LogP contribution is 2.33. The van der Waals surface area contributed by atoms with Gasteiger partial charge in [0, 0.05) is 11.1 Å². The molecule has 3 rings (SSSR count). The number of halogens is 4. The predicted octanol–water partition coefficient (Wildman–Crippen LogP) is 4.07. The Labute approximate surface area is 140 Å². The Kier molecular flexibility index (Phi) is 4.31. The van der Waals surface area contributed by atoms with Crippen molar-refractivity contribution in [2.75, 3.05) is 11.4 Å². The van der Waals surface area contributed by atoms with Crippen LogP contribution in [0, 0.1) is 5.82 Å². The second kappa shape index (κ2) is 6.27. The molecule has 0 radical (unpaired) electrons. The minimum atomic E-state index is -2.60. The summed E-state index contributed by atoms with van der Waals surface area (Å²) in [5, 5.41) is 8.03. The van der Waals surface area contributed by atoms with Crippen LogP contribution in [0.5, 0.6) is 0 Å². The third-order valence-electron chi connectivity index (χ3n) is 3.67. The topological polar surface area (TPSA) is 46.3 Å². The number of nitrogens with zero attached hydrogens (tertiary/aromatic N) is 5. The number of benzene rings is 1. The van der Waals surface area contributed by atoms with Crippen molar-refractivity contribution < 1.29 is 13.2 Å². The van der Waals surface area contributed by atoms with Crippen molar-refractivity contribution in [1.29, 1.82) is 0 Å². The van der Waals surface area contributed by atoms with Gasteiger partial charge in [0.15, 0.2) is 0 Å². The predicted molar refractivity (Wildman–Crippen MR) is 86.0 cm³/mol. The lowest BCUT2D eigenvalue weighted by Gasteiger charge is -2.25. The van der Waals surface area contributed by atoms with Gasteiger partial charge in [0.1, 0.15) is 18.0 Å². The molecule has 0 N–H and O–H groups in total. The van der Waals surface area contributed by atoms with E-state index in [9.17, 15) is 13.2 Å². The quantitative estimate of drug-likeness (QED) is 0.708. The van der Waals surface area contributed by atoms with Gasteiger partial charge >= 0.3 is 0 Å². The Bertz CT molecular complexity index is 938. The first-order chi connectivity index (χ1) is 11.4. The first-order valence-corrected chi connectivity index (χ1v) is 7.47. The van der Waals surface area contributed by atoms with Crippen molar-refractivity contribution in [2.24, 2.45) is 0 Å². The third-order valence-corrected chi connectivity index (χ3v) is 3.95. The number of hydrogen-bond acceptors (Lipinski definition) is 4. The molecular formula is C15H13ClF3N5. The summed E-state index contributed by atoms with van der Waals surface area (Å²) in [5.74, 6) is -0.241. The molecule has 0 saturated carbocycles. The molecule has 5 nitrogen and oxygen atoms in total. The van der Waals surface area contributed by atoms with Gasteiger partial charge in [-0.3, -0.25) is 4.40 Å². The van der Waals surface area contributed by atoms with Crippen LogP contribution in [0.2, 0.25) is 5.02 Å². The molecule has 0 amide bonds. The van der Waals surface area contributed by atoms with E-state index in [-0.39, 0.29) is 16.6 Å². The smallest absolute Gasteiger partial charge is 0.257 e. The Morgan fingerprint density at radius 2 is 2.17 bits per heavy atom. The Morgan fingerprint density at radius 3 is 2.83 bits per heavy atom. The molecule has 0 unspecified atom stereocenters. The van der Waals surface area contributed by atoms with Crippen LogP contribution in [0.1, 0.15) is 13.8 Å². The van der Waals surface area contributed by atoms with Gasteiger partial charge < -0.3 is 4.90 Å². The number of allylic oxidation sites excluding steroid dienone is 2. The maximum absolute atomic E-state index is 13.9. The highest BCUT2D eigenvalue weighted by Gasteiger charge is 2.22. The summed E-state index contributed by atoms with van der Waals surface area (Å²) < 4.78 is 41.5. The van der Waals surface area contributed by atoms with Crippen LogP contribution in [0.15, 0.2) is 30.2 Å². The van der Waals surface area contributed by atoms with Crippen molar-refractivity contribution in [3.63, 3.8) is 0 Å². The van der Waals surface area contributed by atoms with E-state index < -0.39 is 18.8 Å². The highest BCUT2D eigenvalue weighted by molar-refractivity contribution is 6.35. The fourth-order valence-electron chi connectivity index (χ4n) is 2.50. The standard InChI is InChI=1S/C15H13ClF3N5/c1-3-8(2)23(6-12(18)19)14-10-4-9(17)5-11(16)13(10)24-7-20-22-15(24)21-14/h3-5,7,12H,6H2,1-2H3/b8-3+. The molecule has 3 aromatic rings. The lowest BCUT2D eigenvalue weighted by molar-refractivity contribution is 0.156. The molecule has 0 spiro atoms. The fourth-order valence-corrected chi connectivity index (χ4v) is 2.79. The van der Waals surface area contributed by atoms with Crippen LogP contribution < -0.4 is 4.90 Å². The number of anilines is 1. The highest BCUT2D eigenvalue weighted by atomic mass is 35.5. The van der Waals surface area contributed by atoms with Crippen molar-refractivity contribution in [2.45, 2.75) is 20.3 Å². The van der Waals surface area contributed by atoms with Crippen molar-refractivity contribution in [3.05, 3.63) is 41.1 Å². The van der Waals surface area contributed by atoms with E-state index in [4.69, 9.17) is 11.6 Å².